The van der Waals surface area contributed by atoms with Crippen LogP contribution in [0.2, 0.25) is 0 Å². The molecule has 3 aromatic rings. The highest BCUT2D eigenvalue weighted by molar-refractivity contribution is 5.95. The van der Waals surface area contributed by atoms with E-state index in [4.69, 9.17) is 4.74 Å². The standard InChI is InChI=1S/C19H16N4O3/c24-18(15-11-20-12-23(15)14-7-2-1-3-8-14)21-22-19(25)17-10-13-6-4-5-9-16(13)26-17/h1-9,11-12,17H,10H2,(H,21,24)(H,22,25). The Morgan fingerprint density at radius 3 is 2.62 bits per heavy atom. The van der Waals surface area contributed by atoms with E-state index in [0.29, 0.717) is 17.9 Å². The largest absolute Gasteiger partial charge is 0.480 e. The highest BCUT2D eigenvalue weighted by atomic mass is 16.5. The van der Waals surface area contributed by atoms with Gasteiger partial charge in [-0.05, 0) is 23.8 Å². The summed E-state index contributed by atoms with van der Waals surface area (Å²) in [5.74, 6) is -0.170. The summed E-state index contributed by atoms with van der Waals surface area (Å²) in [6, 6.07) is 16.8. The summed E-state index contributed by atoms with van der Waals surface area (Å²) in [6.07, 6.45) is 2.80. The molecule has 0 saturated carbocycles. The third kappa shape index (κ3) is 3.02. The number of para-hydroxylation sites is 2. The predicted molar refractivity (Wildman–Crippen MR) is 93.7 cm³/mol. The molecule has 7 heteroatoms. The maximum absolute atomic E-state index is 12.4. The van der Waals surface area contributed by atoms with E-state index >= 15 is 0 Å². The van der Waals surface area contributed by atoms with Crippen LogP contribution in [0.3, 0.4) is 0 Å². The summed E-state index contributed by atoms with van der Waals surface area (Å²) < 4.78 is 7.25. The summed E-state index contributed by atoms with van der Waals surface area (Å²) >= 11 is 0. The van der Waals surface area contributed by atoms with Crippen molar-refractivity contribution in [3.63, 3.8) is 0 Å². The van der Waals surface area contributed by atoms with E-state index in [0.717, 1.165) is 11.3 Å². The molecule has 2 heterocycles. The van der Waals surface area contributed by atoms with Gasteiger partial charge in [0.15, 0.2) is 6.10 Å². The van der Waals surface area contributed by atoms with Crippen molar-refractivity contribution in [3.8, 4) is 11.4 Å². The number of aromatic nitrogens is 2. The Morgan fingerprint density at radius 2 is 1.81 bits per heavy atom. The van der Waals surface area contributed by atoms with Crippen molar-refractivity contribution in [1.82, 2.24) is 20.4 Å². The molecule has 0 radical (unpaired) electrons. The van der Waals surface area contributed by atoms with Gasteiger partial charge in [0.25, 0.3) is 11.8 Å². The fourth-order valence-electron chi connectivity index (χ4n) is 2.85. The first-order valence-electron chi connectivity index (χ1n) is 8.15. The van der Waals surface area contributed by atoms with Crippen molar-refractivity contribution in [1.29, 1.82) is 0 Å². The van der Waals surface area contributed by atoms with E-state index in [1.54, 1.807) is 10.9 Å². The topological polar surface area (TPSA) is 85.2 Å². The number of nitrogens with one attached hydrogen (secondary N) is 2. The van der Waals surface area contributed by atoms with Crippen molar-refractivity contribution in [3.05, 3.63) is 78.4 Å². The van der Waals surface area contributed by atoms with Crippen LogP contribution in [0.15, 0.2) is 67.1 Å². The molecule has 1 aliphatic heterocycles. The first-order valence-corrected chi connectivity index (χ1v) is 8.15. The van der Waals surface area contributed by atoms with E-state index in [1.807, 2.05) is 54.6 Å². The molecule has 4 rings (SSSR count). The smallest absolute Gasteiger partial charge is 0.288 e. The third-order valence-corrected chi connectivity index (χ3v) is 4.14. The molecule has 0 bridgehead atoms. The van der Waals surface area contributed by atoms with E-state index < -0.39 is 17.9 Å². The zero-order chi connectivity index (χ0) is 17.9. The van der Waals surface area contributed by atoms with Gasteiger partial charge in [0.1, 0.15) is 11.4 Å². The first-order chi connectivity index (χ1) is 12.7. The number of amides is 2. The number of imidazole rings is 1. The van der Waals surface area contributed by atoms with E-state index in [-0.39, 0.29) is 0 Å². The molecule has 26 heavy (non-hydrogen) atoms. The van der Waals surface area contributed by atoms with Crippen molar-refractivity contribution < 1.29 is 14.3 Å². The minimum Gasteiger partial charge on any atom is -0.480 e. The van der Waals surface area contributed by atoms with Crippen LogP contribution >= 0.6 is 0 Å². The van der Waals surface area contributed by atoms with Crippen LogP contribution in [0.4, 0.5) is 0 Å². The molecule has 1 unspecified atom stereocenters. The number of carbonyl (C=O) groups is 2. The highest BCUT2D eigenvalue weighted by Crippen LogP contribution is 2.27. The second kappa shape index (κ2) is 6.72. The van der Waals surface area contributed by atoms with Crippen molar-refractivity contribution >= 4 is 11.8 Å². The SMILES string of the molecule is O=C(NNC(=O)C1Cc2ccccc2O1)c1cncn1-c1ccccc1. The lowest BCUT2D eigenvalue weighted by molar-refractivity contribution is -0.128. The number of benzene rings is 2. The highest BCUT2D eigenvalue weighted by Gasteiger charge is 2.29. The zero-order valence-electron chi connectivity index (χ0n) is 13.8. The number of nitrogens with zero attached hydrogens (tertiary/aromatic N) is 2. The molecule has 1 atom stereocenters. The molecule has 1 aromatic heterocycles. The second-order valence-corrected chi connectivity index (χ2v) is 5.85. The predicted octanol–water partition coefficient (Wildman–Crippen LogP) is 1.64. The molecule has 2 amide bonds. The van der Waals surface area contributed by atoms with Gasteiger partial charge >= 0.3 is 0 Å². The van der Waals surface area contributed by atoms with E-state index in [1.165, 1.54) is 6.20 Å². The molecule has 0 aliphatic carbocycles. The van der Waals surface area contributed by atoms with Crippen LogP contribution in [0, 0.1) is 0 Å². The molecule has 1 aliphatic rings. The van der Waals surface area contributed by atoms with Gasteiger partial charge in [-0.2, -0.15) is 0 Å². The average molecular weight is 348 g/mol. The fraction of sp³-hybridized carbons (Fsp3) is 0.105. The number of ether oxygens (including phenoxy) is 1. The Balaban J connectivity index is 1.40. The maximum Gasteiger partial charge on any atom is 0.288 e. The molecule has 2 N–H and O–H groups in total. The van der Waals surface area contributed by atoms with E-state index in [9.17, 15) is 9.59 Å². The van der Waals surface area contributed by atoms with Gasteiger partial charge in [0.2, 0.25) is 0 Å². The summed E-state index contributed by atoms with van der Waals surface area (Å²) in [5, 5.41) is 0. The lowest BCUT2D eigenvalue weighted by Gasteiger charge is -2.13. The Kier molecular flexibility index (Phi) is 4.10. The van der Waals surface area contributed by atoms with Gasteiger partial charge < -0.3 is 4.74 Å². The first kappa shape index (κ1) is 15.9. The molecule has 2 aromatic carbocycles. The Hall–Kier alpha value is -3.61. The number of hydrogen-bond acceptors (Lipinski definition) is 4. The summed E-state index contributed by atoms with van der Waals surface area (Å²) in [7, 11) is 0. The molecule has 0 spiro atoms. The monoisotopic (exact) mass is 348 g/mol. The second-order valence-electron chi connectivity index (χ2n) is 5.85. The summed E-state index contributed by atoms with van der Waals surface area (Å²) in [5.41, 5.74) is 6.93. The van der Waals surface area contributed by atoms with Gasteiger partial charge in [-0.25, -0.2) is 4.98 Å². The lowest BCUT2D eigenvalue weighted by Crippen LogP contribution is -2.48. The molecular formula is C19H16N4O3. The Labute approximate surface area is 149 Å². The van der Waals surface area contributed by atoms with Crippen LogP contribution < -0.4 is 15.6 Å². The number of hydrazine groups is 1. The van der Waals surface area contributed by atoms with Crippen LogP contribution in [-0.2, 0) is 11.2 Å². The van der Waals surface area contributed by atoms with Crippen LogP contribution in [-0.4, -0.2) is 27.5 Å². The molecule has 0 saturated heterocycles. The molecule has 0 fully saturated rings. The zero-order valence-corrected chi connectivity index (χ0v) is 13.8. The maximum atomic E-state index is 12.4. The lowest BCUT2D eigenvalue weighted by atomic mass is 10.1. The van der Waals surface area contributed by atoms with Gasteiger partial charge in [-0.15, -0.1) is 0 Å². The number of carbonyl (C=O) groups excluding carboxylic acids is 2. The number of fused-ring (bicyclic) bond motifs is 1. The minimum absolute atomic E-state index is 0.312. The van der Waals surface area contributed by atoms with Crippen molar-refractivity contribution in [2.24, 2.45) is 0 Å². The quantitative estimate of drug-likeness (QED) is 0.705. The van der Waals surface area contributed by atoms with Crippen LogP contribution in [0.1, 0.15) is 16.1 Å². The minimum atomic E-state index is -0.660. The number of rotatable bonds is 3. The van der Waals surface area contributed by atoms with Gasteiger partial charge in [-0.1, -0.05) is 36.4 Å². The van der Waals surface area contributed by atoms with Gasteiger partial charge in [0, 0.05) is 12.1 Å². The van der Waals surface area contributed by atoms with Crippen LogP contribution in [0.25, 0.3) is 5.69 Å². The number of hydrogen-bond donors (Lipinski definition) is 2. The Morgan fingerprint density at radius 1 is 1.04 bits per heavy atom. The summed E-state index contributed by atoms with van der Waals surface area (Å²) in [4.78, 5) is 28.7. The summed E-state index contributed by atoms with van der Waals surface area (Å²) in [6.45, 7) is 0. The van der Waals surface area contributed by atoms with Crippen LogP contribution in [0.5, 0.6) is 5.75 Å². The Bertz CT molecular complexity index is 927. The third-order valence-electron chi connectivity index (χ3n) is 4.14. The average Bonchev–Trinajstić information content (AvgIpc) is 3.33. The van der Waals surface area contributed by atoms with Crippen molar-refractivity contribution in [2.45, 2.75) is 12.5 Å². The molecule has 7 nitrogen and oxygen atoms in total. The fourth-order valence-corrected chi connectivity index (χ4v) is 2.85. The van der Waals surface area contributed by atoms with E-state index in [2.05, 4.69) is 15.8 Å². The van der Waals surface area contributed by atoms with Gasteiger partial charge in [0.05, 0.1) is 12.5 Å². The van der Waals surface area contributed by atoms with Gasteiger partial charge in [-0.3, -0.25) is 25.0 Å². The van der Waals surface area contributed by atoms with Crippen molar-refractivity contribution in [2.75, 3.05) is 0 Å². The molecule has 130 valence electrons. The normalized spacial score (nSPS) is 15.0. The molecular weight excluding hydrogens is 332 g/mol.